The second-order valence-corrected chi connectivity index (χ2v) is 5.57. The molecule has 0 saturated carbocycles. The lowest BCUT2D eigenvalue weighted by Crippen LogP contribution is -2.41. The Hall–Kier alpha value is -2.38. The van der Waals surface area contributed by atoms with Gasteiger partial charge in [0, 0.05) is 26.1 Å². The van der Waals surface area contributed by atoms with Crippen LogP contribution in [-0.4, -0.2) is 24.6 Å². The van der Waals surface area contributed by atoms with Crippen molar-refractivity contribution >= 4 is 17.1 Å². The van der Waals surface area contributed by atoms with Crippen LogP contribution in [0, 0.1) is 0 Å². The maximum Gasteiger partial charge on any atom is 0.332 e. The second-order valence-electron chi connectivity index (χ2n) is 5.57. The summed E-state index contributed by atoms with van der Waals surface area (Å²) in [7, 11) is 0. The number of primary amides is 1. The molecule has 0 aliphatic heterocycles. The molecule has 0 aliphatic rings. The Balaban J connectivity index is 2.67. The van der Waals surface area contributed by atoms with Crippen LogP contribution in [0.15, 0.2) is 15.9 Å². The van der Waals surface area contributed by atoms with Gasteiger partial charge in [-0.1, -0.05) is 20.3 Å². The molecule has 2 heterocycles. The lowest BCUT2D eigenvalue weighted by Gasteiger charge is -2.11. The van der Waals surface area contributed by atoms with E-state index >= 15 is 0 Å². The molecule has 2 N–H and O–H groups in total. The first-order chi connectivity index (χ1) is 11.0. The van der Waals surface area contributed by atoms with Crippen molar-refractivity contribution in [3.8, 4) is 0 Å². The molecule has 0 atom stereocenters. The number of carbonyl (C=O) groups is 1. The highest BCUT2D eigenvalue weighted by Crippen LogP contribution is 2.09. The van der Waals surface area contributed by atoms with Gasteiger partial charge in [-0.3, -0.25) is 18.7 Å². The molecule has 0 radical (unpaired) electrons. The van der Waals surface area contributed by atoms with Crippen molar-refractivity contribution in [1.29, 1.82) is 0 Å². The summed E-state index contributed by atoms with van der Waals surface area (Å²) < 4.78 is 4.38. The van der Waals surface area contributed by atoms with Gasteiger partial charge in [-0.2, -0.15) is 0 Å². The number of hydrogen-bond acceptors (Lipinski definition) is 4. The van der Waals surface area contributed by atoms with Gasteiger partial charge in [0.15, 0.2) is 11.2 Å². The quantitative estimate of drug-likeness (QED) is 0.761. The maximum absolute atomic E-state index is 12.7. The Labute approximate surface area is 133 Å². The molecule has 0 aromatic carbocycles. The van der Waals surface area contributed by atoms with E-state index in [1.165, 1.54) is 4.57 Å². The van der Waals surface area contributed by atoms with Crippen LogP contribution in [0.2, 0.25) is 0 Å². The molecule has 0 spiro atoms. The molecular weight excluding hydrogens is 298 g/mol. The lowest BCUT2D eigenvalue weighted by atomic mass is 10.3. The van der Waals surface area contributed by atoms with Gasteiger partial charge in [-0.25, -0.2) is 9.78 Å². The van der Waals surface area contributed by atoms with Crippen LogP contribution < -0.4 is 17.0 Å². The minimum absolute atomic E-state index is 0.00832. The van der Waals surface area contributed by atoms with Crippen LogP contribution in [0.3, 0.4) is 0 Å². The fourth-order valence-corrected chi connectivity index (χ4v) is 2.58. The first-order valence-electron chi connectivity index (χ1n) is 7.98. The van der Waals surface area contributed by atoms with E-state index in [1.54, 1.807) is 10.9 Å². The average molecular weight is 321 g/mol. The molecular formula is C15H23N5O3. The molecule has 126 valence electrons. The van der Waals surface area contributed by atoms with E-state index in [0.29, 0.717) is 24.3 Å². The van der Waals surface area contributed by atoms with Gasteiger partial charge in [0.05, 0.1) is 6.33 Å². The smallest absolute Gasteiger partial charge is 0.332 e. The minimum atomic E-state index is -0.544. The summed E-state index contributed by atoms with van der Waals surface area (Å²) in [6, 6.07) is 0. The molecule has 1 amide bonds. The van der Waals surface area contributed by atoms with Gasteiger partial charge in [-0.15, -0.1) is 0 Å². The van der Waals surface area contributed by atoms with Gasteiger partial charge in [0.25, 0.3) is 5.56 Å². The zero-order chi connectivity index (χ0) is 17.0. The Kier molecular flexibility index (Phi) is 5.36. The summed E-state index contributed by atoms with van der Waals surface area (Å²) in [4.78, 5) is 40.5. The van der Waals surface area contributed by atoms with E-state index in [2.05, 4.69) is 11.9 Å². The molecule has 8 heteroatoms. The highest BCUT2D eigenvalue weighted by Gasteiger charge is 2.17. The summed E-state index contributed by atoms with van der Waals surface area (Å²) in [6.45, 7) is 5.15. The molecule has 2 aromatic heterocycles. The number of imidazole rings is 1. The van der Waals surface area contributed by atoms with E-state index in [1.807, 2.05) is 6.92 Å². The van der Waals surface area contributed by atoms with Crippen molar-refractivity contribution in [2.75, 3.05) is 0 Å². The summed E-state index contributed by atoms with van der Waals surface area (Å²) in [5, 5.41) is 0. The third kappa shape index (κ3) is 3.35. The molecule has 2 aromatic rings. The van der Waals surface area contributed by atoms with Gasteiger partial charge in [0.1, 0.15) is 0 Å². The van der Waals surface area contributed by atoms with Crippen molar-refractivity contribution < 1.29 is 4.79 Å². The summed E-state index contributed by atoms with van der Waals surface area (Å²) >= 11 is 0. The van der Waals surface area contributed by atoms with Gasteiger partial charge < -0.3 is 10.3 Å². The third-order valence-corrected chi connectivity index (χ3v) is 3.77. The largest absolute Gasteiger partial charge is 0.370 e. The van der Waals surface area contributed by atoms with Crippen LogP contribution in [0.25, 0.3) is 11.2 Å². The summed E-state index contributed by atoms with van der Waals surface area (Å²) in [5.74, 6) is -0.544. The first-order valence-corrected chi connectivity index (χ1v) is 7.98. The van der Waals surface area contributed by atoms with E-state index in [4.69, 9.17) is 5.73 Å². The van der Waals surface area contributed by atoms with E-state index < -0.39 is 17.2 Å². The second kappa shape index (κ2) is 7.26. The summed E-state index contributed by atoms with van der Waals surface area (Å²) in [5.41, 5.74) is 5.12. The van der Waals surface area contributed by atoms with Crippen LogP contribution in [0.4, 0.5) is 0 Å². The van der Waals surface area contributed by atoms with E-state index in [-0.39, 0.29) is 13.0 Å². The van der Waals surface area contributed by atoms with E-state index in [0.717, 1.165) is 23.8 Å². The van der Waals surface area contributed by atoms with Crippen molar-refractivity contribution in [3.63, 3.8) is 0 Å². The number of nitrogens with two attached hydrogens (primary N) is 1. The number of nitrogens with zero attached hydrogens (tertiary/aromatic N) is 4. The fourth-order valence-electron chi connectivity index (χ4n) is 2.58. The number of aryl methyl sites for hydroxylation is 2. The molecule has 0 aliphatic carbocycles. The highest BCUT2D eigenvalue weighted by molar-refractivity contribution is 5.73. The predicted octanol–water partition coefficient (Wildman–Crippen LogP) is 0.445. The monoisotopic (exact) mass is 321 g/mol. The molecule has 0 fully saturated rings. The number of amides is 1. The highest BCUT2D eigenvalue weighted by atomic mass is 16.2. The molecule has 2 rings (SSSR count). The fraction of sp³-hybridized carbons (Fsp3) is 0.600. The van der Waals surface area contributed by atoms with Gasteiger partial charge in [0.2, 0.25) is 5.91 Å². The standard InChI is InChI=1S/C15H23N5O3/c1-3-5-8-18-10-17-13-12(18)14(22)20(9-6-11(16)21)15(23)19(13)7-4-2/h10H,3-9H2,1-2H3,(H2,16,21). The Bertz CT molecular complexity index is 815. The molecule has 0 bridgehead atoms. The van der Waals surface area contributed by atoms with E-state index in [9.17, 15) is 14.4 Å². The Morgan fingerprint density at radius 1 is 1.13 bits per heavy atom. The van der Waals surface area contributed by atoms with Crippen molar-refractivity contribution in [2.45, 2.75) is 59.2 Å². The van der Waals surface area contributed by atoms with Crippen molar-refractivity contribution in [2.24, 2.45) is 5.73 Å². The summed E-state index contributed by atoms with van der Waals surface area (Å²) in [6.07, 6.45) is 4.20. The minimum Gasteiger partial charge on any atom is -0.370 e. The van der Waals surface area contributed by atoms with Crippen LogP contribution in [0.1, 0.15) is 39.5 Å². The maximum atomic E-state index is 12.7. The Morgan fingerprint density at radius 2 is 1.87 bits per heavy atom. The normalized spacial score (nSPS) is 11.2. The molecule has 0 unspecified atom stereocenters. The number of hydrogen-bond donors (Lipinski definition) is 1. The average Bonchev–Trinajstić information content (AvgIpc) is 2.93. The number of fused-ring (bicyclic) bond motifs is 1. The predicted molar refractivity (Wildman–Crippen MR) is 87.3 cm³/mol. The topological polar surface area (TPSA) is 105 Å². The van der Waals surface area contributed by atoms with Crippen LogP contribution in [-0.2, 0) is 24.4 Å². The molecule has 8 nitrogen and oxygen atoms in total. The van der Waals surface area contributed by atoms with Crippen molar-refractivity contribution in [1.82, 2.24) is 18.7 Å². The lowest BCUT2D eigenvalue weighted by molar-refractivity contribution is -0.118. The SMILES string of the molecule is CCCCn1cnc2c1c(=O)n(CCC(N)=O)c(=O)n2CCC. The number of carbonyl (C=O) groups excluding carboxylic acids is 1. The Morgan fingerprint density at radius 3 is 2.48 bits per heavy atom. The van der Waals surface area contributed by atoms with Gasteiger partial charge in [-0.05, 0) is 12.8 Å². The number of aromatic nitrogens is 4. The third-order valence-electron chi connectivity index (χ3n) is 3.77. The molecule has 23 heavy (non-hydrogen) atoms. The van der Waals surface area contributed by atoms with Crippen molar-refractivity contribution in [3.05, 3.63) is 27.2 Å². The van der Waals surface area contributed by atoms with Crippen LogP contribution >= 0.6 is 0 Å². The first kappa shape index (κ1) is 17.0. The van der Waals surface area contributed by atoms with Gasteiger partial charge >= 0.3 is 5.69 Å². The zero-order valence-corrected chi connectivity index (χ0v) is 13.6. The molecule has 0 saturated heterocycles. The number of rotatable bonds is 8. The number of unbranched alkanes of at least 4 members (excludes halogenated alkanes) is 1. The zero-order valence-electron chi connectivity index (χ0n) is 13.6. The van der Waals surface area contributed by atoms with Crippen LogP contribution in [0.5, 0.6) is 0 Å².